The highest BCUT2D eigenvalue weighted by molar-refractivity contribution is 5.94. The number of nitrogens with one attached hydrogen (secondary N) is 2. The second-order valence-electron chi connectivity index (χ2n) is 6.85. The molecule has 2 N–H and O–H groups in total. The van der Waals surface area contributed by atoms with Gasteiger partial charge in [0.1, 0.15) is 11.6 Å². The van der Waals surface area contributed by atoms with Gasteiger partial charge in [-0.05, 0) is 43.7 Å². The molecule has 150 valence electrons. The number of carbonyl (C=O) groups is 2. The first-order chi connectivity index (χ1) is 13.9. The normalized spacial score (nSPS) is 11.7. The Bertz CT molecular complexity index is 1000. The van der Waals surface area contributed by atoms with Crippen LogP contribution in [0.1, 0.15) is 35.1 Å². The third kappa shape index (κ3) is 5.28. The van der Waals surface area contributed by atoms with Crippen molar-refractivity contribution in [3.63, 3.8) is 0 Å². The van der Waals surface area contributed by atoms with E-state index in [0.717, 1.165) is 0 Å². The van der Waals surface area contributed by atoms with Crippen molar-refractivity contribution in [3.8, 4) is 5.69 Å². The molecule has 2 aromatic carbocycles. The zero-order chi connectivity index (χ0) is 20.8. The third-order valence-corrected chi connectivity index (χ3v) is 4.49. The number of hydrogen-bond acceptors (Lipinski definition) is 3. The highest BCUT2D eigenvalue weighted by Crippen LogP contribution is 2.16. The topological polar surface area (TPSA) is 76.0 Å². The average molecular weight is 394 g/mol. The van der Waals surface area contributed by atoms with E-state index in [2.05, 4.69) is 15.6 Å². The highest BCUT2D eigenvalue weighted by atomic mass is 19.1. The van der Waals surface area contributed by atoms with Crippen LogP contribution in [0.4, 0.5) is 4.39 Å². The molecule has 0 spiro atoms. The Balaban J connectivity index is 1.51. The summed E-state index contributed by atoms with van der Waals surface area (Å²) in [7, 11) is 0. The van der Waals surface area contributed by atoms with Crippen molar-refractivity contribution >= 4 is 11.8 Å². The predicted octanol–water partition coefficient (Wildman–Crippen LogP) is 3.14. The van der Waals surface area contributed by atoms with Gasteiger partial charge in [0.25, 0.3) is 5.91 Å². The van der Waals surface area contributed by atoms with Gasteiger partial charge in [0.15, 0.2) is 0 Å². The van der Waals surface area contributed by atoms with Crippen LogP contribution >= 0.6 is 0 Å². The molecule has 1 atom stereocenters. The van der Waals surface area contributed by atoms with E-state index in [1.54, 1.807) is 67.2 Å². The van der Waals surface area contributed by atoms with Crippen LogP contribution in [0.3, 0.4) is 0 Å². The van der Waals surface area contributed by atoms with Gasteiger partial charge in [-0.1, -0.05) is 24.3 Å². The van der Waals surface area contributed by atoms with Crippen LogP contribution in [0, 0.1) is 12.7 Å². The second-order valence-corrected chi connectivity index (χ2v) is 6.85. The van der Waals surface area contributed by atoms with E-state index >= 15 is 0 Å². The van der Waals surface area contributed by atoms with Gasteiger partial charge in [0.2, 0.25) is 5.91 Å². The standard InChI is InChI=1S/C22H23FN4O2/c1-15(26-22(29)18-6-4-3-5-7-18)12-21(28)25-14-17-8-9-20(19(23)13-17)27-11-10-24-16(27)2/h3-11,13,15H,12,14H2,1-2H3,(H,25,28)(H,26,29). The molecule has 1 aromatic heterocycles. The molecule has 1 heterocycles. The summed E-state index contributed by atoms with van der Waals surface area (Å²) in [5, 5.41) is 5.55. The number of halogens is 1. The number of aryl methyl sites for hydroxylation is 1. The number of aromatic nitrogens is 2. The van der Waals surface area contributed by atoms with Crippen molar-refractivity contribution in [1.82, 2.24) is 20.2 Å². The summed E-state index contributed by atoms with van der Waals surface area (Å²) in [5.74, 6) is -0.142. The lowest BCUT2D eigenvalue weighted by Gasteiger charge is -2.14. The first-order valence-corrected chi connectivity index (χ1v) is 9.35. The van der Waals surface area contributed by atoms with E-state index < -0.39 is 0 Å². The first kappa shape index (κ1) is 20.3. The number of carbonyl (C=O) groups excluding carboxylic acids is 2. The van der Waals surface area contributed by atoms with Crippen molar-refractivity contribution in [2.24, 2.45) is 0 Å². The van der Waals surface area contributed by atoms with Crippen LogP contribution in [-0.2, 0) is 11.3 Å². The number of hydrogen-bond donors (Lipinski definition) is 2. The van der Waals surface area contributed by atoms with Crippen LogP contribution in [-0.4, -0.2) is 27.4 Å². The maximum Gasteiger partial charge on any atom is 0.251 e. The van der Waals surface area contributed by atoms with E-state index in [0.29, 0.717) is 22.6 Å². The van der Waals surface area contributed by atoms with Gasteiger partial charge in [-0.3, -0.25) is 9.59 Å². The molecule has 0 aliphatic heterocycles. The first-order valence-electron chi connectivity index (χ1n) is 9.35. The van der Waals surface area contributed by atoms with Crippen molar-refractivity contribution in [1.29, 1.82) is 0 Å². The molecule has 3 rings (SSSR count). The van der Waals surface area contributed by atoms with E-state index in [1.807, 2.05) is 6.07 Å². The molecule has 0 aliphatic carbocycles. The van der Waals surface area contributed by atoms with E-state index in [4.69, 9.17) is 0 Å². The van der Waals surface area contributed by atoms with Crippen LogP contribution in [0.5, 0.6) is 0 Å². The molecule has 0 saturated heterocycles. The molecule has 29 heavy (non-hydrogen) atoms. The SMILES string of the molecule is Cc1nccn1-c1ccc(CNC(=O)CC(C)NC(=O)c2ccccc2)cc1F. The van der Waals surface area contributed by atoms with Crippen molar-refractivity contribution in [2.45, 2.75) is 32.9 Å². The Labute approximate surface area is 168 Å². The minimum Gasteiger partial charge on any atom is -0.352 e. The maximum absolute atomic E-state index is 14.4. The molecule has 2 amide bonds. The van der Waals surface area contributed by atoms with Crippen LogP contribution in [0.2, 0.25) is 0 Å². The molecule has 1 unspecified atom stereocenters. The lowest BCUT2D eigenvalue weighted by molar-refractivity contribution is -0.121. The summed E-state index contributed by atoms with van der Waals surface area (Å²) in [5.41, 5.74) is 1.61. The van der Waals surface area contributed by atoms with Gasteiger partial charge in [0.05, 0.1) is 5.69 Å². The molecule has 0 bridgehead atoms. The molecule has 3 aromatic rings. The molecular weight excluding hydrogens is 371 g/mol. The fraction of sp³-hybridized carbons (Fsp3) is 0.227. The smallest absolute Gasteiger partial charge is 0.251 e. The summed E-state index contributed by atoms with van der Waals surface area (Å²) >= 11 is 0. The molecule has 0 aliphatic rings. The lowest BCUT2D eigenvalue weighted by atomic mass is 10.1. The van der Waals surface area contributed by atoms with Gasteiger partial charge < -0.3 is 15.2 Å². The lowest BCUT2D eigenvalue weighted by Crippen LogP contribution is -2.37. The number of imidazole rings is 1. The van der Waals surface area contributed by atoms with Crippen LogP contribution < -0.4 is 10.6 Å². The number of amides is 2. The Morgan fingerprint density at radius 3 is 2.59 bits per heavy atom. The van der Waals surface area contributed by atoms with E-state index in [9.17, 15) is 14.0 Å². The second kappa shape index (κ2) is 9.14. The van der Waals surface area contributed by atoms with Gasteiger partial charge in [0, 0.05) is 37.0 Å². The van der Waals surface area contributed by atoms with Gasteiger partial charge in [-0.2, -0.15) is 0 Å². The third-order valence-electron chi connectivity index (χ3n) is 4.49. The zero-order valence-corrected chi connectivity index (χ0v) is 16.4. The largest absolute Gasteiger partial charge is 0.352 e. The van der Waals surface area contributed by atoms with Gasteiger partial charge in [-0.15, -0.1) is 0 Å². The summed E-state index contributed by atoms with van der Waals surface area (Å²) < 4.78 is 16.1. The van der Waals surface area contributed by atoms with E-state index in [-0.39, 0.29) is 36.6 Å². The van der Waals surface area contributed by atoms with Crippen molar-refractivity contribution < 1.29 is 14.0 Å². The summed E-state index contributed by atoms with van der Waals surface area (Å²) in [6.45, 7) is 3.77. The Morgan fingerprint density at radius 2 is 1.93 bits per heavy atom. The van der Waals surface area contributed by atoms with Crippen molar-refractivity contribution in [2.75, 3.05) is 0 Å². The monoisotopic (exact) mass is 394 g/mol. The van der Waals surface area contributed by atoms with Crippen LogP contribution in [0.15, 0.2) is 60.9 Å². The summed E-state index contributed by atoms with van der Waals surface area (Å²) in [4.78, 5) is 28.4. The number of rotatable bonds is 7. The molecular formula is C22H23FN4O2. The van der Waals surface area contributed by atoms with Crippen molar-refractivity contribution in [3.05, 3.63) is 83.7 Å². The predicted molar refractivity (Wildman–Crippen MR) is 108 cm³/mol. The molecule has 7 heteroatoms. The molecule has 0 radical (unpaired) electrons. The summed E-state index contributed by atoms with van der Waals surface area (Å²) in [6, 6.07) is 13.3. The zero-order valence-electron chi connectivity index (χ0n) is 16.4. The number of nitrogens with zero attached hydrogens (tertiary/aromatic N) is 2. The minimum atomic E-state index is -0.388. The Kier molecular flexibility index (Phi) is 6.39. The molecule has 0 saturated carbocycles. The molecule has 0 fully saturated rings. The Hall–Kier alpha value is -3.48. The minimum absolute atomic E-state index is 0.132. The quantitative estimate of drug-likeness (QED) is 0.646. The van der Waals surface area contributed by atoms with E-state index in [1.165, 1.54) is 6.07 Å². The fourth-order valence-electron chi connectivity index (χ4n) is 2.99. The average Bonchev–Trinajstić information content (AvgIpc) is 3.12. The van der Waals surface area contributed by atoms with Gasteiger partial charge >= 0.3 is 0 Å². The summed E-state index contributed by atoms with van der Waals surface area (Å²) in [6.07, 6.45) is 3.44. The maximum atomic E-state index is 14.4. The molecule has 6 nitrogen and oxygen atoms in total. The van der Waals surface area contributed by atoms with Crippen LogP contribution in [0.25, 0.3) is 5.69 Å². The van der Waals surface area contributed by atoms with Gasteiger partial charge in [-0.25, -0.2) is 9.37 Å². The highest BCUT2D eigenvalue weighted by Gasteiger charge is 2.13. The Morgan fingerprint density at radius 1 is 1.17 bits per heavy atom. The number of benzene rings is 2. The fourth-order valence-corrected chi connectivity index (χ4v) is 2.99.